The summed E-state index contributed by atoms with van der Waals surface area (Å²) in [5.41, 5.74) is 3.20. The molecule has 4 nitrogen and oxygen atoms in total. The fourth-order valence-corrected chi connectivity index (χ4v) is 2.76. The minimum Gasteiger partial charge on any atom is -0.309 e. The van der Waals surface area contributed by atoms with Crippen LogP contribution in [-0.4, -0.2) is 9.97 Å². The van der Waals surface area contributed by atoms with Crippen LogP contribution in [0.2, 0.25) is 0 Å². The van der Waals surface area contributed by atoms with Crippen molar-refractivity contribution in [2.24, 2.45) is 0 Å². The van der Waals surface area contributed by atoms with Gasteiger partial charge in [-0.2, -0.15) is 0 Å². The molecule has 0 aliphatic rings. The maximum atomic E-state index is 12.1. The highest BCUT2D eigenvalue weighted by molar-refractivity contribution is 5.77. The molecule has 0 amide bonds. The molecule has 3 rings (SSSR count). The number of H-pyrrole nitrogens is 1. The lowest BCUT2D eigenvalue weighted by atomic mass is 9.99. The van der Waals surface area contributed by atoms with E-state index in [1.807, 2.05) is 18.2 Å². The fraction of sp³-hybridized carbons (Fsp3) is 0.300. The van der Waals surface area contributed by atoms with Gasteiger partial charge in [0.15, 0.2) is 0 Å². The molecule has 1 atom stereocenters. The van der Waals surface area contributed by atoms with Crippen molar-refractivity contribution in [2.75, 3.05) is 0 Å². The first kappa shape index (κ1) is 16.4. The number of benzene rings is 2. The lowest BCUT2D eigenvalue weighted by Crippen LogP contribution is -2.22. The van der Waals surface area contributed by atoms with Crippen LogP contribution in [0.15, 0.2) is 53.3 Å². The summed E-state index contributed by atoms with van der Waals surface area (Å²) < 4.78 is 0. The van der Waals surface area contributed by atoms with E-state index >= 15 is 0 Å². The normalized spacial score (nSPS) is 12.7. The van der Waals surface area contributed by atoms with Gasteiger partial charge in [-0.05, 0) is 36.1 Å². The number of aromatic amines is 1. The van der Waals surface area contributed by atoms with E-state index in [4.69, 9.17) is 0 Å². The van der Waals surface area contributed by atoms with Crippen molar-refractivity contribution in [2.45, 2.75) is 39.3 Å². The number of nitrogens with one attached hydrogen (secondary N) is 2. The lowest BCUT2D eigenvalue weighted by molar-refractivity contribution is 0.559. The van der Waals surface area contributed by atoms with Gasteiger partial charge in [0, 0.05) is 6.04 Å². The number of fused-ring (bicyclic) bond motifs is 1. The molecule has 0 saturated heterocycles. The zero-order valence-corrected chi connectivity index (χ0v) is 14.3. The van der Waals surface area contributed by atoms with Crippen molar-refractivity contribution in [3.63, 3.8) is 0 Å². The summed E-state index contributed by atoms with van der Waals surface area (Å²) >= 11 is 0. The van der Waals surface area contributed by atoms with Crippen LogP contribution < -0.4 is 10.9 Å². The first-order valence-electron chi connectivity index (χ1n) is 8.36. The zero-order valence-electron chi connectivity index (χ0n) is 14.3. The number of rotatable bonds is 5. The average Bonchev–Trinajstić information content (AvgIpc) is 2.60. The summed E-state index contributed by atoms with van der Waals surface area (Å²) in [6.07, 6.45) is 0. The Hall–Kier alpha value is -2.46. The molecule has 0 aliphatic carbocycles. The smallest absolute Gasteiger partial charge is 0.258 e. The molecule has 4 heteroatoms. The summed E-state index contributed by atoms with van der Waals surface area (Å²) in [6.45, 7) is 7.02. The van der Waals surface area contributed by atoms with E-state index in [1.165, 1.54) is 11.1 Å². The monoisotopic (exact) mass is 321 g/mol. The number of para-hydroxylation sites is 1. The van der Waals surface area contributed by atoms with Crippen molar-refractivity contribution >= 4 is 10.9 Å². The van der Waals surface area contributed by atoms with Gasteiger partial charge in [-0.15, -0.1) is 0 Å². The molecular formula is C20H23N3O. The molecule has 2 aromatic carbocycles. The fourth-order valence-electron chi connectivity index (χ4n) is 2.76. The van der Waals surface area contributed by atoms with Gasteiger partial charge in [0.25, 0.3) is 5.56 Å². The number of hydrogen-bond acceptors (Lipinski definition) is 3. The van der Waals surface area contributed by atoms with E-state index in [-0.39, 0.29) is 11.6 Å². The van der Waals surface area contributed by atoms with Crippen LogP contribution in [0, 0.1) is 0 Å². The quantitative estimate of drug-likeness (QED) is 0.749. The average molecular weight is 321 g/mol. The Labute approximate surface area is 142 Å². The maximum Gasteiger partial charge on any atom is 0.258 e. The van der Waals surface area contributed by atoms with Crippen molar-refractivity contribution in [1.29, 1.82) is 0 Å². The molecule has 2 N–H and O–H groups in total. The van der Waals surface area contributed by atoms with E-state index in [1.54, 1.807) is 6.07 Å². The van der Waals surface area contributed by atoms with Crippen LogP contribution in [0.1, 0.15) is 49.7 Å². The van der Waals surface area contributed by atoms with Crippen molar-refractivity contribution in [3.05, 3.63) is 75.8 Å². The summed E-state index contributed by atoms with van der Waals surface area (Å²) in [4.78, 5) is 19.5. The molecule has 0 bridgehead atoms. The van der Waals surface area contributed by atoms with Gasteiger partial charge in [-0.25, -0.2) is 4.98 Å². The van der Waals surface area contributed by atoms with Crippen LogP contribution in [-0.2, 0) is 6.54 Å². The Morgan fingerprint density at radius 3 is 2.38 bits per heavy atom. The molecule has 24 heavy (non-hydrogen) atoms. The van der Waals surface area contributed by atoms with Crippen molar-refractivity contribution < 1.29 is 0 Å². The lowest BCUT2D eigenvalue weighted by Gasteiger charge is -2.15. The summed E-state index contributed by atoms with van der Waals surface area (Å²) in [6, 6.07) is 16.2. The first-order chi connectivity index (χ1) is 11.5. The maximum absolute atomic E-state index is 12.1. The number of hydrogen-bond donors (Lipinski definition) is 2. The summed E-state index contributed by atoms with van der Waals surface area (Å²) in [5, 5.41) is 4.05. The second-order valence-electron chi connectivity index (χ2n) is 6.45. The molecular weight excluding hydrogens is 298 g/mol. The second-order valence-corrected chi connectivity index (χ2v) is 6.45. The molecule has 0 saturated carbocycles. The predicted octanol–water partition coefficient (Wildman–Crippen LogP) is 3.90. The topological polar surface area (TPSA) is 57.8 Å². The third-order valence-electron chi connectivity index (χ3n) is 4.34. The Balaban J connectivity index is 1.72. The van der Waals surface area contributed by atoms with Gasteiger partial charge < -0.3 is 10.3 Å². The molecule has 1 unspecified atom stereocenters. The Morgan fingerprint density at radius 2 is 1.67 bits per heavy atom. The van der Waals surface area contributed by atoms with Crippen LogP contribution in [0.5, 0.6) is 0 Å². The SMILES string of the molecule is CC(C)c1ccc(C(C)NCc2nc3ccccc3c(=O)[nH]2)cc1. The Morgan fingerprint density at radius 1 is 1.00 bits per heavy atom. The first-order valence-corrected chi connectivity index (χ1v) is 8.36. The highest BCUT2D eigenvalue weighted by atomic mass is 16.1. The Kier molecular flexibility index (Phi) is 4.76. The molecule has 0 spiro atoms. The van der Waals surface area contributed by atoms with Crippen LogP contribution in [0.3, 0.4) is 0 Å². The van der Waals surface area contributed by atoms with Crippen LogP contribution in [0.25, 0.3) is 10.9 Å². The largest absolute Gasteiger partial charge is 0.309 e. The minimum absolute atomic E-state index is 0.0914. The molecule has 0 aliphatic heterocycles. The highest BCUT2D eigenvalue weighted by Crippen LogP contribution is 2.18. The molecule has 1 heterocycles. The van der Waals surface area contributed by atoms with Gasteiger partial charge >= 0.3 is 0 Å². The van der Waals surface area contributed by atoms with Crippen molar-refractivity contribution in [3.8, 4) is 0 Å². The van der Waals surface area contributed by atoms with E-state index in [9.17, 15) is 4.79 Å². The molecule has 124 valence electrons. The Bertz CT molecular complexity index is 881. The zero-order chi connectivity index (χ0) is 17.1. The second kappa shape index (κ2) is 6.97. The van der Waals surface area contributed by atoms with E-state index in [0.29, 0.717) is 23.7 Å². The number of nitrogens with zero attached hydrogens (tertiary/aromatic N) is 1. The van der Waals surface area contributed by atoms with Crippen LogP contribution in [0.4, 0.5) is 0 Å². The van der Waals surface area contributed by atoms with E-state index in [2.05, 4.69) is 60.3 Å². The third kappa shape index (κ3) is 3.54. The van der Waals surface area contributed by atoms with E-state index in [0.717, 1.165) is 5.52 Å². The number of aromatic nitrogens is 2. The standard InChI is InChI=1S/C20H23N3O/c1-13(2)15-8-10-16(11-9-15)14(3)21-12-19-22-18-7-5-4-6-17(18)20(24)23-19/h4-11,13-14,21H,12H2,1-3H3,(H,22,23,24). The molecule has 0 radical (unpaired) electrons. The van der Waals surface area contributed by atoms with Gasteiger partial charge in [0.05, 0.1) is 17.4 Å². The van der Waals surface area contributed by atoms with Gasteiger partial charge in [-0.3, -0.25) is 4.79 Å². The predicted molar refractivity (Wildman–Crippen MR) is 98.1 cm³/mol. The highest BCUT2D eigenvalue weighted by Gasteiger charge is 2.08. The summed E-state index contributed by atoms with van der Waals surface area (Å²) in [7, 11) is 0. The molecule has 0 fully saturated rings. The van der Waals surface area contributed by atoms with Crippen molar-refractivity contribution in [1.82, 2.24) is 15.3 Å². The van der Waals surface area contributed by atoms with E-state index < -0.39 is 0 Å². The molecule has 1 aromatic heterocycles. The van der Waals surface area contributed by atoms with Gasteiger partial charge in [0.2, 0.25) is 0 Å². The van der Waals surface area contributed by atoms with Gasteiger partial charge in [-0.1, -0.05) is 50.2 Å². The summed E-state index contributed by atoms with van der Waals surface area (Å²) in [5.74, 6) is 1.19. The van der Waals surface area contributed by atoms with Gasteiger partial charge in [0.1, 0.15) is 5.82 Å². The van der Waals surface area contributed by atoms with Crippen LogP contribution >= 0.6 is 0 Å². The third-order valence-corrected chi connectivity index (χ3v) is 4.34. The minimum atomic E-state index is -0.0914. The molecule has 3 aromatic rings.